The maximum absolute atomic E-state index is 13.2. The van der Waals surface area contributed by atoms with Crippen LogP contribution in [-0.2, 0) is 10.0 Å². The molecule has 0 atom stereocenters. The van der Waals surface area contributed by atoms with Gasteiger partial charge in [0.15, 0.2) is 11.6 Å². The largest absolute Gasteiger partial charge is 0.497 e. The second-order valence-corrected chi connectivity index (χ2v) is 8.94. The molecule has 11 nitrogen and oxygen atoms in total. The van der Waals surface area contributed by atoms with Crippen LogP contribution in [0.4, 0.5) is 27.8 Å². The van der Waals surface area contributed by atoms with Gasteiger partial charge in [0.05, 0.1) is 30.1 Å². The molecular weight excluding hydrogens is 472 g/mol. The lowest BCUT2D eigenvalue weighted by Crippen LogP contribution is -2.20. The van der Waals surface area contributed by atoms with Crippen molar-refractivity contribution in [3.05, 3.63) is 66.7 Å². The first kappa shape index (κ1) is 23.6. The topological polar surface area (TPSA) is 158 Å². The van der Waals surface area contributed by atoms with Crippen molar-refractivity contribution in [3.63, 3.8) is 0 Å². The number of para-hydroxylation sites is 2. The van der Waals surface area contributed by atoms with E-state index in [2.05, 4.69) is 25.3 Å². The quantitative estimate of drug-likeness (QED) is 0.289. The minimum absolute atomic E-state index is 0.0289. The van der Waals surface area contributed by atoms with Gasteiger partial charge in [-0.15, -0.1) is 0 Å². The summed E-state index contributed by atoms with van der Waals surface area (Å²) in [6.07, 6.45) is 0. The summed E-state index contributed by atoms with van der Waals surface area (Å²) >= 11 is 0. The fraction of sp³-hybridized carbons (Fsp3) is 0.0870. The number of nitrogens with two attached hydrogens (primary N) is 1. The molecule has 0 unspecified atom stereocenters. The lowest BCUT2D eigenvalue weighted by atomic mass is 10.2. The number of sulfonamides is 1. The molecule has 2 amide bonds. The predicted octanol–water partition coefficient (Wildman–Crippen LogP) is 3.68. The van der Waals surface area contributed by atoms with Gasteiger partial charge in [-0.05, 0) is 30.3 Å². The number of nitrogens with zero attached hydrogens (tertiary/aromatic N) is 2. The first-order chi connectivity index (χ1) is 16.8. The van der Waals surface area contributed by atoms with Crippen molar-refractivity contribution in [2.24, 2.45) is 5.73 Å². The van der Waals surface area contributed by atoms with E-state index in [4.69, 9.17) is 15.2 Å². The van der Waals surface area contributed by atoms with Crippen LogP contribution in [0.2, 0.25) is 0 Å². The molecule has 0 radical (unpaired) electrons. The predicted molar refractivity (Wildman–Crippen MR) is 133 cm³/mol. The highest BCUT2D eigenvalue weighted by Crippen LogP contribution is 2.31. The van der Waals surface area contributed by atoms with Crippen LogP contribution in [0.15, 0.2) is 71.6 Å². The zero-order chi connectivity index (χ0) is 25.0. The number of rotatable bonds is 8. The van der Waals surface area contributed by atoms with Crippen LogP contribution in [0.1, 0.15) is 0 Å². The maximum Gasteiger partial charge on any atom is 0.316 e. The van der Waals surface area contributed by atoms with E-state index in [-0.39, 0.29) is 22.2 Å². The average molecular weight is 495 g/mol. The Morgan fingerprint density at radius 1 is 0.829 bits per heavy atom. The highest BCUT2D eigenvalue weighted by atomic mass is 32.2. The van der Waals surface area contributed by atoms with Gasteiger partial charge < -0.3 is 25.8 Å². The summed E-state index contributed by atoms with van der Waals surface area (Å²) in [5, 5.41) is 5.45. The van der Waals surface area contributed by atoms with Crippen LogP contribution < -0.4 is 30.6 Å². The molecule has 12 heteroatoms. The summed E-state index contributed by atoms with van der Waals surface area (Å²) in [5.41, 5.74) is 6.95. The number of benzene rings is 3. The maximum atomic E-state index is 13.2. The Morgan fingerprint density at radius 2 is 1.46 bits per heavy atom. The summed E-state index contributed by atoms with van der Waals surface area (Å²) in [7, 11) is -1.07. The van der Waals surface area contributed by atoms with Gasteiger partial charge in [-0.25, -0.2) is 23.2 Å². The van der Waals surface area contributed by atoms with Crippen molar-refractivity contribution < 1.29 is 22.7 Å². The third kappa shape index (κ3) is 5.50. The Hall–Kier alpha value is -4.58. The van der Waals surface area contributed by atoms with Crippen molar-refractivity contribution in [2.45, 2.75) is 4.90 Å². The van der Waals surface area contributed by atoms with Crippen molar-refractivity contribution in [1.29, 1.82) is 0 Å². The molecule has 0 fully saturated rings. The highest BCUT2D eigenvalue weighted by molar-refractivity contribution is 7.92. The molecule has 180 valence electrons. The summed E-state index contributed by atoms with van der Waals surface area (Å²) in [5.74, 6) is 1.19. The number of fused-ring (bicyclic) bond motifs is 1. The number of aromatic nitrogens is 2. The number of anilines is 4. The molecule has 4 aromatic rings. The highest BCUT2D eigenvalue weighted by Gasteiger charge is 2.20. The van der Waals surface area contributed by atoms with Gasteiger partial charge >= 0.3 is 6.03 Å². The number of hydrogen-bond donors (Lipinski definition) is 4. The molecule has 0 aliphatic carbocycles. The summed E-state index contributed by atoms with van der Waals surface area (Å²) in [6, 6.07) is 17.0. The lowest BCUT2D eigenvalue weighted by Gasteiger charge is -2.15. The second kappa shape index (κ2) is 9.73. The fourth-order valence-corrected chi connectivity index (χ4v) is 4.30. The number of primary amides is 1. The molecule has 35 heavy (non-hydrogen) atoms. The first-order valence-electron chi connectivity index (χ1n) is 10.2. The zero-order valence-electron chi connectivity index (χ0n) is 18.8. The lowest BCUT2D eigenvalue weighted by molar-refractivity contribution is 0.259. The summed E-state index contributed by atoms with van der Waals surface area (Å²) in [4.78, 5) is 20.1. The number of urea groups is 1. The minimum atomic E-state index is -4.11. The van der Waals surface area contributed by atoms with Gasteiger partial charge in [-0.2, -0.15) is 0 Å². The molecule has 0 spiro atoms. The number of carbonyl (C=O) groups excluding carboxylic acids is 1. The molecule has 1 aromatic heterocycles. The van der Waals surface area contributed by atoms with E-state index in [0.29, 0.717) is 28.2 Å². The number of nitrogens with one attached hydrogen (secondary N) is 3. The Morgan fingerprint density at radius 3 is 2.06 bits per heavy atom. The van der Waals surface area contributed by atoms with Crippen molar-refractivity contribution in [3.8, 4) is 11.5 Å². The number of hydrogen-bond acceptors (Lipinski definition) is 8. The van der Waals surface area contributed by atoms with Crippen LogP contribution in [-0.4, -0.2) is 38.6 Å². The van der Waals surface area contributed by atoms with E-state index in [1.807, 2.05) is 0 Å². The van der Waals surface area contributed by atoms with Gasteiger partial charge in [-0.3, -0.25) is 4.72 Å². The van der Waals surface area contributed by atoms with E-state index >= 15 is 0 Å². The number of methoxy groups -OCH3 is 2. The van der Waals surface area contributed by atoms with Crippen molar-refractivity contribution >= 4 is 50.1 Å². The third-order valence-corrected chi connectivity index (χ3v) is 6.16. The molecule has 0 aliphatic rings. The van der Waals surface area contributed by atoms with Crippen LogP contribution in [0.5, 0.6) is 11.5 Å². The van der Waals surface area contributed by atoms with Gasteiger partial charge in [-0.1, -0.05) is 18.2 Å². The third-order valence-electron chi connectivity index (χ3n) is 4.83. The van der Waals surface area contributed by atoms with Crippen LogP contribution in [0, 0.1) is 0 Å². The van der Waals surface area contributed by atoms with Gasteiger partial charge in [0.2, 0.25) is 0 Å². The van der Waals surface area contributed by atoms with Gasteiger partial charge in [0, 0.05) is 29.6 Å². The Kier molecular flexibility index (Phi) is 6.55. The number of amides is 2. The molecule has 0 aliphatic heterocycles. The van der Waals surface area contributed by atoms with Crippen molar-refractivity contribution in [2.75, 3.05) is 29.6 Å². The van der Waals surface area contributed by atoms with Crippen LogP contribution in [0.25, 0.3) is 11.0 Å². The first-order valence-corrected chi connectivity index (χ1v) is 11.7. The molecule has 5 N–H and O–H groups in total. The smallest absolute Gasteiger partial charge is 0.316 e. The van der Waals surface area contributed by atoms with Crippen molar-refractivity contribution in [1.82, 2.24) is 9.97 Å². The minimum Gasteiger partial charge on any atom is -0.497 e. The molecule has 0 bridgehead atoms. The SMILES string of the molecule is COc1cc(Nc2nc3ccccc3nc2NS(=O)(=O)c2cccc(NC(N)=O)c2)cc(OC)c1. The molecule has 1 heterocycles. The zero-order valence-corrected chi connectivity index (χ0v) is 19.6. The van der Waals surface area contributed by atoms with E-state index in [1.165, 1.54) is 38.5 Å². The van der Waals surface area contributed by atoms with Gasteiger partial charge in [0.1, 0.15) is 11.5 Å². The van der Waals surface area contributed by atoms with E-state index in [1.54, 1.807) is 42.5 Å². The molecular formula is C23H22N6O5S. The van der Waals surface area contributed by atoms with E-state index in [0.717, 1.165) is 0 Å². The van der Waals surface area contributed by atoms with Crippen LogP contribution in [0.3, 0.4) is 0 Å². The second-order valence-electron chi connectivity index (χ2n) is 7.26. The average Bonchev–Trinajstić information content (AvgIpc) is 2.83. The molecule has 3 aromatic carbocycles. The fourth-order valence-electron chi connectivity index (χ4n) is 3.24. The molecule has 0 saturated heterocycles. The monoisotopic (exact) mass is 494 g/mol. The summed E-state index contributed by atoms with van der Waals surface area (Å²) < 4.78 is 39.5. The molecule has 0 saturated carbocycles. The standard InChI is InChI=1S/C23H22N6O5S/c1-33-16-10-15(11-17(13-16)34-2)25-21-22(28-20-9-4-3-8-19(20)27-21)29-35(31,32)18-7-5-6-14(12-18)26-23(24)30/h3-13H,1-2H3,(H,25,27)(H,28,29)(H3,24,26,30). The number of carbonyl (C=O) groups is 1. The normalized spacial score (nSPS) is 11.0. The number of ether oxygens (including phenoxy) is 2. The Balaban J connectivity index is 1.76. The van der Waals surface area contributed by atoms with E-state index < -0.39 is 16.1 Å². The molecule has 4 rings (SSSR count). The van der Waals surface area contributed by atoms with Gasteiger partial charge in [0.25, 0.3) is 10.0 Å². The van der Waals surface area contributed by atoms with Crippen LogP contribution >= 0.6 is 0 Å². The summed E-state index contributed by atoms with van der Waals surface area (Å²) in [6.45, 7) is 0. The Labute approximate surface area is 201 Å². The van der Waals surface area contributed by atoms with E-state index in [9.17, 15) is 13.2 Å². The Bertz CT molecular complexity index is 1490.